The summed E-state index contributed by atoms with van der Waals surface area (Å²) in [5.41, 5.74) is 15.0. The van der Waals surface area contributed by atoms with E-state index in [2.05, 4.69) is 138 Å². The lowest BCUT2D eigenvalue weighted by Crippen LogP contribution is -2.00. The molecule has 0 saturated heterocycles. The van der Waals surface area contributed by atoms with Crippen molar-refractivity contribution in [2.45, 2.75) is 0 Å². The summed E-state index contributed by atoms with van der Waals surface area (Å²) in [6.45, 7) is 0. The fourth-order valence-electron chi connectivity index (χ4n) is 9.77. The van der Waals surface area contributed by atoms with Crippen LogP contribution in [-0.2, 0) is 0 Å². The SMILES string of the molecule is c1ccc(C2=C(c3ccccc3)c3cccc4c3c3c5c2cccc5ccc3n4-c2ccc3c(c2)oc2cccc(-c4nc(-c5ccccc5)nc(-c5ccccc5)n4)c23)cc1. The number of fused-ring (bicyclic) bond motifs is 3. The number of benzene rings is 9. The third-order valence-electron chi connectivity index (χ3n) is 12.4. The maximum absolute atomic E-state index is 6.78. The van der Waals surface area contributed by atoms with E-state index >= 15 is 0 Å². The van der Waals surface area contributed by atoms with Gasteiger partial charge in [-0.05, 0) is 74.5 Å². The van der Waals surface area contributed by atoms with Crippen LogP contribution in [0.1, 0.15) is 22.3 Å². The highest BCUT2D eigenvalue weighted by atomic mass is 16.3. The largest absolute Gasteiger partial charge is 0.456 e. The molecule has 0 fully saturated rings. The van der Waals surface area contributed by atoms with Gasteiger partial charge in [0.05, 0.1) is 11.0 Å². The first kappa shape index (κ1) is 34.5. The molecular weight excluding hydrogens is 757 g/mol. The third kappa shape index (κ3) is 5.18. The van der Waals surface area contributed by atoms with Gasteiger partial charge in [-0.25, -0.2) is 15.0 Å². The van der Waals surface area contributed by atoms with Crippen molar-refractivity contribution in [3.8, 4) is 39.9 Å². The molecule has 0 aliphatic heterocycles. The highest BCUT2D eigenvalue weighted by Gasteiger charge is 2.28. The summed E-state index contributed by atoms with van der Waals surface area (Å²) < 4.78 is 9.19. The highest BCUT2D eigenvalue weighted by Crippen LogP contribution is 2.50. The molecular formula is C57H34N4O. The van der Waals surface area contributed by atoms with Gasteiger partial charge in [0.2, 0.25) is 0 Å². The molecule has 0 saturated carbocycles. The fourth-order valence-corrected chi connectivity index (χ4v) is 9.77. The first-order chi connectivity index (χ1) is 30.8. The number of furan rings is 1. The zero-order valence-corrected chi connectivity index (χ0v) is 33.3. The smallest absolute Gasteiger partial charge is 0.164 e. The van der Waals surface area contributed by atoms with Gasteiger partial charge < -0.3 is 8.98 Å². The molecule has 9 aromatic carbocycles. The van der Waals surface area contributed by atoms with Crippen LogP contribution in [0.25, 0.3) is 106 Å². The van der Waals surface area contributed by atoms with Crippen molar-refractivity contribution in [2.24, 2.45) is 0 Å². The molecule has 288 valence electrons. The second kappa shape index (κ2) is 13.6. The summed E-state index contributed by atoms with van der Waals surface area (Å²) in [6.07, 6.45) is 0. The van der Waals surface area contributed by atoms with Crippen molar-refractivity contribution in [1.29, 1.82) is 0 Å². The fraction of sp³-hybridized carbons (Fsp3) is 0. The molecule has 5 nitrogen and oxygen atoms in total. The lowest BCUT2D eigenvalue weighted by Gasteiger charge is -2.19. The van der Waals surface area contributed by atoms with Gasteiger partial charge in [-0.2, -0.15) is 0 Å². The molecule has 0 atom stereocenters. The van der Waals surface area contributed by atoms with E-state index in [4.69, 9.17) is 19.4 Å². The van der Waals surface area contributed by atoms with Crippen LogP contribution in [0.4, 0.5) is 0 Å². The van der Waals surface area contributed by atoms with Gasteiger partial charge in [0.15, 0.2) is 17.5 Å². The maximum Gasteiger partial charge on any atom is 0.164 e. The van der Waals surface area contributed by atoms with Crippen LogP contribution in [0, 0.1) is 0 Å². The topological polar surface area (TPSA) is 56.7 Å². The minimum Gasteiger partial charge on any atom is -0.456 e. The Morgan fingerprint density at radius 1 is 0.339 bits per heavy atom. The average Bonchev–Trinajstić information content (AvgIpc) is 3.85. The first-order valence-electron chi connectivity index (χ1n) is 20.9. The molecule has 3 aromatic heterocycles. The van der Waals surface area contributed by atoms with E-state index in [0.717, 1.165) is 55.3 Å². The minimum absolute atomic E-state index is 0.597. The second-order valence-corrected chi connectivity index (χ2v) is 15.9. The van der Waals surface area contributed by atoms with E-state index < -0.39 is 0 Å². The van der Waals surface area contributed by atoms with Crippen molar-refractivity contribution >= 4 is 65.7 Å². The number of nitrogens with zero attached hydrogens (tertiary/aromatic N) is 4. The molecule has 0 amide bonds. The van der Waals surface area contributed by atoms with E-state index in [1.165, 1.54) is 54.9 Å². The Kier molecular flexibility index (Phi) is 7.54. The summed E-state index contributed by atoms with van der Waals surface area (Å²) in [7, 11) is 0. The molecule has 0 spiro atoms. The normalized spacial score (nSPS) is 12.5. The van der Waals surface area contributed by atoms with Gasteiger partial charge in [0.1, 0.15) is 11.2 Å². The van der Waals surface area contributed by atoms with Crippen LogP contribution in [0.2, 0.25) is 0 Å². The second-order valence-electron chi connectivity index (χ2n) is 15.9. The molecule has 13 rings (SSSR count). The predicted molar refractivity (Wildman–Crippen MR) is 253 cm³/mol. The van der Waals surface area contributed by atoms with Gasteiger partial charge in [-0.1, -0.05) is 170 Å². The van der Waals surface area contributed by atoms with Crippen LogP contribution < -0.4 is 0 Å². The van der Waals surface area contributed by atoms with Crippen molar-refractivity contribution in [3.63, 3.8) is 0 Å². The van der Waals surface area contributed by atoms with Gasteiger partial charge in [0, 0.05) is 50.0 Å². The number of aromatic nitrogens is 4. The molecule has 1 aliphatic rings. The Morgan fingerprint density at radius 3 is 1.52 bits per heavy atom. The highest BCUT2D eigenvalue weighted by molar-refractivity contribution is 6.31. The molecule has 1 aliphatic carbocycles. The lowest BCUT2D eigenvalue weighted by molar-refractivity contribution is 0.668. The Labute approximate surface area is 356 Å². The Balaban J connectivity index is 1.05. The third-order valence-corrected chi connectivity index (χ3v) is 12.4. The predicted octanol–water partition coefficient (Wildman–Crippen LogP) is 14.3. The molecule has 0 N–H and O–H groups in total. The summed E-state index contributed by atoms with van der Waals surface area (Å²) >= 11 is 0. The summed E-state index contributed by atoms with van der Waals surface area (Å²) in [5, 5.41) is 6.96. The van der Waals surface area contributed by atoms with E-state index in [1.807, 2.05) is 72.8 Å². The number of hydrogen-bond donors (Lipinski definition) is 0. The summed E-state index contributed by atoms with van der Waals surface area (Å²) in [6, 6.07) is 72.8. The van der Waals surface area contributed by atoms with Gasteiger partial charge in [-0.3, -0.25) is 0 Å². The standard InChI is InChI=1S/C57H34N4O/c1-5-16-35(17-6-1)49-42-25-13-24-37-30-33-46-54(51(37)42)53-43(50(49)36-18-7-2-8-19-36)26-14-28-45(53)61(46)40-31-32-41-48(34-40)62-47-29-15-27-44(52(41)47)57-59-55(38-20-9-3-10-21-38)58-56(60-57)39-22-11-4-12-23-39/h1-34H. The van der Waals surface area contributed by atoms with E-state index in [9.17, 15) is 0 Å². The van der Waals surface area contributed by atoms with Crippen LogP contribution in [0.15, 0.2) is 211 Å². The van der Waals surface area contributed by atoms with Crippen molar-refractivity contribution in [2.75, 3.05) is 0 Å². The van der Waals surface area contributed by atoms with E-state index in [-0.39, 0.29) is 0 Å². The first-order valence-corrected chi connectivity index (χ1v) is 20.9. The molecule has 3 heterocycles. The van der Waals surface area contributed by atoms with Crippen LogP contribution in [0.5, 0.6) is 0 Å². The van der Waals surface area contributed by atoms with E-state index in [0.29, 0.717) is 17.5 Å². The van der Waals surface area contributed by atoms with Crippen molar-refractivity contribution in [1.82, 2.24) is 19.5 Å². The Morgan fingerprint density at radius 2 is 0.871 bits per heavy atom. The van der Waals surface area contributed by atoms with Crippen molar-refractivity contribution in [3.05, 3.63) is 229 Å². The summed E-state index contributed by atoms with van der Waals surface area (Å²) in [4.78, 5) is 15.1. The molecule has 0 bridgehead atoms. The molecule has 0 radical (unpaired) electrons. The molecule has 5 heteroatoms. The monoisotopic (exact) mass is 790 g/mol. The van der Waals surface area contributed by atoms with Gasteiger partial charge in [-0.15, -0.1) is 0 Å². The lowest BCUT2D eigenvalue weighted by atomic mass is 9.85. The Hall–Kier alpha value is -8.41. The van der Waals surface area contributed by atoms with Crippen LogP contribution >= 0.6 is 0 Å². The Bertz CT molecular complexity index is 3720. The quantitative estimate of drug-likeness (QED) is 0.168. The van der Waals surface area contributed by atoms with Crippen molar-refractivity contribution < 1.29 is 4.42 Å². The number of rotatable bonds is 6. The zero-order chi connectivity index (χ0) is 40.7. The van der Waals surface area contributed by atoms with Crippen LogP contribution in [0.3, 0.4) is 0 Å². The zero-order valence-electron chi connectivity index (χ0n) is 33.3. The van der Waals surface area contributed by atoms with E-state index in [1.54, 1.807) is 0 Å². The molecule has 12 aromatic rings. The average molecular weight is 791 g/mol. The van der Waals surface area contributed by atoms with Gasteiger partial charge >= 0.3 is 0 Å². The maximum atomic E-state index is 6.78. The minimum atomic E-state index is 0.597. The van der Waals surface area contributed by atoms with Gasteiger partial charge in [0.25, 0.3) is 0 Å². The molecule has 62 heavy (non-hydrogen) atoms. The van der Waals surface area contributed by atoms with Crippen LogP contribution in [-0.4, -0.2) is 19.5 Å². The molecule has 0 unspecified atom stereocenters. The summed E-state index contributed by atoms with van der Waals surface area (Å²) in [5.74, 6) is 1.84. The number of hydrogen-bond acceptors (Lipinski definition) is 4.